The molecular weight excluding hydrogens is 330 g/mol. The quantitative estimate of drug-likeness (QED) is 0.612. The number of nitro benzene ring substituents is 1. The molecule has 0 amide bonds. The van der Waals surface area contributed by atoms with E-state index in [9.17, 15) is 20.0 Å². The summed E-state index contributed by atoms with van der Waals surface area (Å²) >= 11 is 1.89. The Morgan fingerprint density at radius 3 is 2.54 bits per heavy atom. The number of carboxylic acids is 1. The maximum atomic E-state index is 11.3. The van der Waals surface area contributed by atoms with Crippen LogP contribution in [0.4, 0.5) is 5.69 Å². The second-order valence-corrected chi connectivity index (χ2v) is 9.00. The topological polar surface area (TPSA) is 92.5 Å². The zero-order valence-corrected chi connectivity index (χ0v) is 14.7. The first-order valence-corrected chi connectivity index (χ1v) is 8.92. The van der Waals surface area contributed by atoms with Gasteiger partial charge in [-0.3, -0.25) is 10.1 Å². The number of thioether (sulfide) groups is 1. The van der Waals surface area contributed by atoms with Crippen LogP contribution in [0.15, 0.2) is 18.2 Å². The van der Waals surface area contributed by atoms with Crippen molar-refractivity contribution in [3.63, 3.8) is 0 Å². The van der Waals surface area contributed by atoms with Gasteiger partial charge in [0.25, 0.3) is 0 Å². The third-order valence-corrected chi connectivity index (χ3v) is 6.84. The molecule has 7 heteroatoms. The van der Waals surface area contributed by atoms with Crippen LogP contribution in [-0.4, -0.2) is 27.0 Å². The number of nitro groups is 1. The van der Waals surface area contributed by atoms with Gasteiger partial charge in [0.2, 0.25) is 0 Å². The number of rotatable bonds is 4. The van der Waals surface area contributed by atoms with E-state index in [0.29, 0.717) is 5.25 Å². The van der Waals surface area contributed by atoms with Gasteiger partial charge >= 0.3 is 5.69 Å². The molecule has 0 aliphatic carbocycles. The van der Waals surface area contributed by atoms with E-state index < -0.39 is 16.5 Å². The molecule has 0 N–H and O–H groups in total. The van der Waals surface area contributed by atoms with Crippen LogP contribution < -0.4 is 9.84 Å². The van der Waals surface area contributed by atoms with Crippen LogP contribution in [0, 0.1) is 15.5 Å². The summed E-state index contributed by atoms with van der Waals surface area (Å²) in [6.07, 6.45) is 2.97. The van der Waals surface area contributed by atoms with Crippen molar-refractivity contribution in [2.45, 2.75) is 56.1 Å². The third-order valence-electron chi connectivity index (χ3n) is 5.11. The SMILES string of the molecule is CC(C)(C)C1(Oc2cc(C(=O)[O-])ccc2[N+](=O)[O-])CC2CCC1S2. The Balaban J connectivity index is 2.06. The van der Waals surface area contributed by atoms with E-state index in [4.69, 9.17) is 4.74 Å². The number of fused-ring (bicyclic) bond motifs is 2. The van der Waals surface area contributed by atoms with Crippen molar-refractivity contribution in [1.82, 2.24) is 0 Å². The van der Waals surface area contributed by atoms with Crippen LogP contribution in [0.5, 0.6) is 5.75 Å². The molecule has 1 aromatic rings. The Hall–Kier alpha value is -1.76. The predicted molar refractivity (Wildman–Crippen MR) is 89.3 cm³/mol. The highest BCUT2D eigenvalue weighted by Gasteiger charge is 2.60. The van der Waals surface area contributed by atoms with Gasteiger partial charge in [-0.05, 0) is 25.0 Å². The van der Waals surface area contributed by atoms with Gasteiger partial charge in [-0.25, -0.2) is 0 Å². The highest BCUT2D eigenvalue weighted by molar-refractivity contribution is 8.01. The van der Waals surface area contributed by atoms with Gasteiger partial charge in [-0.1, -0.05) is 20.8 Å². The molecule has 0 spiro atoms. The summed E-state index contributed by atoms with van der Waals surface area (Å²) in [4.78, 5) is 21.9. The molecule has 3 atom stereocenters. The van der Waals surface area contributed by atoms with Gasteiger partial charge in [-0.2, -0.15) is 11.8 Å². The van der Waals surface area contributed by atoms with E-state index in [1.54, 1.807) is 0 Å². The van der Waals surface area contributed by atoms with Crippen molar-refractivity contribution in [3.8, 4) is 5.75 Å². The fourth-order valence-electron chi connectivity index (χ4n) is 3.79. The van der Waals surface area contributed by atoms with Crippen LogP contribution >= 0.6 is 11.8 Å². The normalized spacial score (nSPS) is 28.8. The molecule has 2 saturated heterocycles. The minimum Gasteiger partial charge on any atom is -0.545 e. The van der Waals surface area contributed by atoms with E-state index in [1.165, 1.54) is 18.2 Å². The minimum absolute atomic E-state index is 0.0183. The van der Waals surface area contributed by atoms with Crippen LogP contribution in [0.2, 0.25) is 0 Å². The Labute approximate surface area is 144 Å². The molecular formula is C17H20NO5S-. The van der Waals surface area contributed by atoms with E-state index in [-0.39, 0.29) is 27.7 Å². The molecule has 2 aliphatic heterocycles. The van der Waals surface area contributed by atoms with Crippen LogP contribution in [0.3, 0.4) is 0 Å². The van der Waals surface area contributed by atoms with E-state index in [1.807, 2.05) is 11.8 Å². The summed E-state index contributed by atoms with van der Waals surface area (Å²) < 4.78 is 6.29. The van der Waals surface area contributed by atoms with Gasteiger partial charge in [0.05, 0.1) is 10.9 Å². The highest BCUT2D eigenvalue weighted by Crippen LogP contribution is 2.59. The predicted octanol–water partition coefficient (Wildman–Crippen LogP) is 2.79. The second kappa shape index (κ2) is 5.65. The molecule has 0 saturated carbocycles. The van der Waals surface area contributed by atoms with E-state index in [2.05, 4.69) is 20.8 Å². The van der Waals surface area contributed by atoms with Crippen molar-refractivity contribution >= 4 is 23.4 Å². The summed E-state index contributed by atoms with van der Waals surface area (Å²) in [6, 6.07) is 3.58. The lowest BCUT2D eigenvalue weighted by molar-refractivity contribution is -0.386. The smallest absolute Gasteiger partial charge is 0.310 e. The van der Waals surface area contributed by atoms with Crippen molar-refractivity contribution < 1.29 is 19.6 Å². The van der Waals surface area contributed by atoms with Gasteiger partial charge in [0.15, 0.2) is 5.75 Å². The zero-order valence-electron chi connectivity index (χ0n) is 13.9. The number of nitrogens with zero attached hydrogens (tertiary/aromatic N) is 1. The lowest BCUT2D eigenvalue weighted by Gasteiger charge is -2.46. The molecule has 2 bridgehead atoms. The minimum atomic E-state index is -1.37. The van der Waals surface area contributed by atoms with Gasteiger partial charge in [-0.15, -0.1) is 0 Å². The lowest BCUT2D eigenvalue weighted by Crippen LogP contribution is -2.54. The first-order chi connectivity index (χ1) is 11.1. The fourth-order valence-corrected chi connectivity index (χ4v) is 5.86. The first kappa shape index (κ1) is 17.1. The highest BCUT2D eigenvalue weighted by atomic mass is 32.2. The van der Waals surface area contributed by atoms with Crippen molar-refractivity contribution in [2.24, 2.45) is 5.41 Å². The average Bonchev–Trinajstić information content (AvgIpc) is 3.07. The molecule has 2 aliphatic rings. The molecule has 6 nitrogen and oxygen atoms in total. The Kier molecular flexibility index (Phi) is 4.02. The largest absolute Gasteiger partial charge is 0.545 e. The molecule has 2 fully saturated rings. The Morgan fingerprint density at radius 2 is 2.08 bits per heavy atom. The van der Waals surface area contributed by atoms with E-state index in [0.717, 1.165) is 19.3 Å². The number of hydrogen-bond acceptors (Lipinski definition) is 6. The Bertz CT molecular complexity index is 699. The van der Waals surface area contributed by atoms with Crippen LogP contribution in [0.1, 0.15) is 50.4 Å². The summed E-state index contributed by atoms with van der Waals surface area (Å²) in [7, 11) is 0. The fraction of sp³-hybridized carbons (Fsp3) is 0.588. The maximum absolute atomic E-state index is 11.3. The number of aromatic carboxylic acids is 1. The number of benzene rings is 1. The molecule has 24 heavy (non-hydrogen) atoms. The molecule has 3 unspecified atom stereocenters. The van der Waals surface area contributed by atoms with E-state index >= 15 is 0 Å². The number of carbonyl (C=O) groups excluding carboxylic acids is 1. The number of hydrogen-bond donors (Lipinski definition) is 0. The third kappa shape index (κ3) is 2.64. The molecule has 3 rings (SSSR count). The van der Waals surface area contributed by atoms with Crippen molar-refractivity contribution in [2.75, 3.05) is 0 Å². The van der Waals surface area contributed by atoms with Crippen molar-refractivity contribution in [1.29, 1.82) is 0 Å². The molecule has 0 aromatic heterocycles. The van der Waals surface area contributed by atoms with Gasteiger partial charge in [0, 0.05) is 34.0 Å². The molecule has 2 heterocycles. The number of ether oxygens (including phenoxy) is 1. The van der Waals surface area contributed by atoms with Gasteiger partial charge < -0.3 is 14.6 Å². The average molecular weight is 350 g/mol. The second-order valence-electron chi connectivity index (χ2n) is 7.50. The molecule has 130 valence electrons. The van der Waals surface area contributed by atoms with Crippen molar-refractivity contribution in [3.05, 3.63) is 33.9 Å². The standard InChI is InChI=1S/C17H21NO5S/c1-16(2,3)17(9-11-5-7-14(17)24-11)23-13-8-10(15(19)20)4-6-12(13)18(21)22/h4,6,8,11,14H,5,7,9H2,1-3H3,(H,19,20)/p-1. The Morgan fingerprint density at radius 1 is 1.38 bits per heavy atom. The van der Waals surface area contributed by atoms with Crippen LogP contribution in [0.25, 0.3) is 0 Å². The monoisotopic (exact) mass is 350 g/mol. The molecule has 0 radical (unpaired) electrons. The summed E-state index contributed by atoms with van der Waals surface area (Å²) in [5.74, 6) is -1.35. The number of carbonyl (C=O) groups is 1. The summed E-state index contributed by atoms with van der Waals surface area (Å²) in [5.41, 5.74) is -1.10. The summed E-state index contributed by atoms with van der Waals surface area (Å²) in [6.45, 7) is 6.22. The first-order valence-electron chi connectivity index (χ1n) is 7.98. The van der Waals surface area contributed by atoms with Crippen LogP contribution in [-0.2, 0) is 0 Å². The molecule has 1 aromatic carbocycles. The summed E-state index contributed by atoms with van der Waals surface area (Å²) in [5, 5.41) is 23.2. The number of carboxylic acid groups (broad SMARTS) is 1. The zero-order chi connectivity index (χ0) is 17.7. The van der Waals surface area contributed by atoms with Gasteiger partial charge in [0.1, 0.15) is 5.60 Å². The lowest BCUT2D eigenvalue weighted by atomic mass is 9.68. The maximum Gasteiger partial charge on any atom is 0.310 e.